The molecule has 2 bridgehead atoms. The van der Waals surface area contributed by atoms with Gasteiger partial charge in [0.05, 0.1) is 18.8 Å². The van der Waals surface area contributed by atoms with Gasteiger partial charge >= 0.3 is 6.03 Å². The zero-order chi connectivity index (χ0) is 14.4. The van der Waals surface area contributed by atoms with Crippen LogP contribution in [0.3, 0.4) is 0 Å². The van der Waals surface area contributed by atoms with Crippen LogP contribution in [0.5, 0.6) is 5.75 Å². The van der Waals surface area contributed by atoms with Crippen LogP contribution in [0.4, 0.5) is 4.79 Å². The summed E-state index contributed by atoms with van der Waals surface area (Å²) in [5, 5.41) is 8.69. The van der Waals surface area contributed by atoms with Gasteiger partial charge in [0.15, 0.2) is 0 Å². The lowest BCUT2D eigenvalue weighted by Gasteiger charge is -2.45. The Balaban J connectivity index is 0.00000144. The number of hydrogen-bond donors (Lipinski definition) is 1. The van der Waals surface area contributed by atoms with Gasteiger partial charge in [-0.1, -0.05) is 0 Å². The number of ether oxygens (including phenoxy) is 1. The van der Waals surface area contributed by atoms with Crippen molar-refractivity contribution >= 4 is 29.3 Å². The number of amides is 1. The lowest BCUT2D eigenvalue weighted by atomic mass is 9.93. The Morgan fingerprint density at radius 3 is 2.91 bits per heavy atom. The molecule has 22 heavy (non-hydrogen) atoms. The molecule has 3 fully saturated rings. The van der Waals surface area contributed by atoms with Crippen LogP contribution in [-0.4, -0.2) is 53.0 Å². The Bertz CT molecular complexity index is 694. The number of rotatable bonds is 1. The molecule has 1 N–H and O–H groups in total. The zero-order valence-electron chi connectivity index (χ0n) is 12.4. The van der Waals surface area contributed by atoms with E-state index in [9.17, 15) is 4.79 Å². The molecule has 2 unspecified atom stereocenters. The third-order valence-corrected chi connectivity index (χ3v) is 4.55. The highest BCUT2D eigenvalue weighted by Crippen LogP contribution is 2.25. The van der Waals surface area contributed by atoms with Gasteiger partial charge in [0, 0.05) is 36.6 Å². The van der Waals surface area contributed by atoms with Crippen LogP contribution in [0, 0.1) is 0 Å². The third-order valence-electron chi connectivity index (χ3n) is 4.55. The second kappa shape index (κ2) is 5.78. The highest BCUT2D eigenvalue weighted by molar-refractivity contribution is 5.90. The van der Waals surface area contributed by atoms with Crippen molar-refractivity contribution in [2.24, 2.45) is 0 Å². The fraction of sp³-hybridized carbons (Fsp3) is 0.467. The molecule has 0 saturated carbocycles. The second-order valence-electron chi connectivity index (χ2n) is 5.75. The van der Waals surface area contributed by atoms with E-state index in [-0.39, 0.29) is 24.5 Å². The molecule has 1 aromatic heterocycles. The predicted octanol–water partition coefficient (Wildman–Crippen LogP) is 1.87. The zero-order valence-corrected chi connectivity index (χ0v) is 13.2. The molecule has 5 rings (SSSR count). The minimum absolute atomic E-state index is 0. The summed E-state index contributed by atoms with van der Waals surface area (Å²) in [5.41, 5.74) is 0.800. The maximum atomic E-state index is 12.8. The molecule has 6 nitrogen and oxygen atoms in total. The first-order valence-corrected chi connectivity index (χ1v) is 7.32. The van der Waals surface area contributed by atoms with Gasteiger partial charge in [0.2, 0.25) is 0 Å². The summed E-state index contributed by atoms with van der Waals surface area (Å²) in [6.45, 7) is 1.66. The summed E-state index contributed by atoms with van der Waals surface area (Å²) in [7, 11) is 1.62. The first kappa shape index (κ1) is 15.1. The first-order chi connectivity index (χ1) is 10.3. The van der Waals surface area contributed by atoms with E-state index in [0.717, 1.165) is 42.6 Å². The molecule has 0 spiro atoms. The molecule has 2 aromatic rings. The number of carbonyl (C=O) groups is 1. The van der Waals surface area contributed by atoms with E-state index in [1.54, 1.807) is 13.3 Å². The highest BCUT2D eigenvalue weighted by Gasteiger charge is 2.37. The van der Waals surface area contributed by atoms with Crippen LogP contribution in [0.1, 0.15) is 12.8 Å². The molecule has 0 radical (unpaired) electrons. The van der Waals surface area contributed by atoms with Crippen LogP contribution in [0.15, 0.2) is 24.4 Å². The molecule has 0 aliphatic carbocycles. The summed E-state index contributed by atoms with van der Waals surface area (Å²) in [6, 6.07) is 6.35. The largest absolute Gasteiger partial charge is 0.497 e. The molecule has 3 aliphatic rings. The van der Waals surface area contributed by atoms with E-state index in [4.69, 9.17) is 4.74 Å². The maximum absolute atomic E-state index is 12.8. The molecule has 1 amide bonds. The highest BCUT2D eigenvalue weighted by atomic mass is 35.5. The topological polar surface area (TPSA) is 59.4 Å². The van der Waals surface area contributed by atoms with Crippen LogP contribution >= 0.6 is 12.4 Å². The van der Waals surface area contributed by atoms with Crippen molar-refractivity contribution in [2.75, 3.05) is 20.2 Å². The van der Waals surface area contributed by atoms with Crippen molar-refractivity contribution in [3.05, 3.63) is 24.4 Å². The Morgan fingerprint density at radius 2 is 2.27 bits per heavy atom. The van der Waals surface area contributed by atoms with E-state index >= 15 is 0 Å². The average Bonchev–Trinajstić information content (AvgIpc) is 2.98. The van der Waals surface area contributed by atoms with Crippen molar-refractivity contribution in [1.29, 1.82) is 0 Å². The minimum Gasteiger partial charge on any atom is -0.497 e. The predicted molar refractivity (Wildman–Crippen MR) is 85.8 cm³/mol. The molecular formula is C15H19ClN4O2. The molecule has 3 aliphatic heterocycles. The number of nitrogens with zero attached hydrogens (tertiary/aromatic N) is 3. The molecular weight excluding hydrogens is 304 g/mol. The van der Waals surface area contributed by atoms with Gasteiger partial charge in [-0.05, 0) is 25.0 Å². The van der Waals surface area contributed by atoms with E-state index in [1.807, 2.05) is 23.1 Å². The lowest BCUT2D eigenvalue weighted by Crippen LogP contribution is -2.63. The Labute approximate surface area is 134 Å². The quantitative estimate of drug-likeness (QED) is 0.871. The minimum atomic E-state index is -0.0329. The van der Waals surface area contributed by atoms with Crippen molar-refractivity contribution in [3.63, 3.8) is 0 Å². The molecule has 7 heteroatoms. The Morgan fingerprint density at radius 1 is 1.41 bits per heavy atom. The summed E-state index contributed by atoms with van der Waals surface area (Å²) in [6.07, 6.45) is 3.96. The summed E-state index contributed by atoms with van der Waals surface area (Å²) in [5.74, 6) is 0.735. The van der Waals surface area contributed by atoms with Gasteiger partial charge in [-0.3, -0.25) is 0 Å². The number of carbonyl (C=O) groups excluding carboxylic acids is 1. The van der Waals surface area contributed by atoms with Gasteiger partial charge in [-0.2, -0.15) is 9.78 Å². The van der Waals surface area contributed by atoms with Crippen LogP contribution < -0.4 is 10.1 Å². The van der Waals surface area contributed by atoms with Gasteiger partial charge in [0.25, 0.3) is 0 Å². The van der Waals surface area contributed by atoms with Gasteiger partial charge < -0.3 is 15.0 Å². The number of aromatic nitrogens is 2. The van der Waals surface area contributed by atoms with Gasteiger partial charge in [0.1, 0.15) is 5.75 Å². The van der Waals surface area contributed by atoms with Crippen LogP contribution in [0.2, 0.25) is 0 Å². The first-order valence-electron chi connectivity index (χ1n) is 7.32. The maximum Gasteiger partial charge on any atom is 0.345 e. The molecule has 3 saturated heterocycles. The standard InChI is InChI=1S/C15H18N4O2.ClH/c1-21-13-5-2-10-7-17-19(14(10)6-13)15(20)18-9-11-3-4-12(18)8-16-11;/h2,5-7,11-12,16H,3-4,8-9H2,1H3;1H. The summed E-state index contributed by atoms with van der Waals surface area (Å²) in [4.78, 5) is 14.8. The van der Waals surface area contributed by atoms with Crippen molar-refractivity contribution in [1.82, 2.24) is 20.0 Å². The molecule has 2 atom stereocenters. The summed E-state index contributed by atoms with van der Waals surface area (Å²) < 4.78 is 6.74. The van der Waals surface area contributed by atoms with Crippen molar-refractivity contribution in [3.8, 4) is 5.75 Å². The SMILES string of the molecule is COc1ccc2cnn(C(=O)N3CC4CCC3CN4)c2c1.Cl. The van der Waals surface area contributed by atoms with Crippen molar-refractivity contribution < 1.29 is 9.53 Å². The fourth-order valence-corrected chi connectivity index (χ4v) is 3.34. The van der Waals surface area contributed by atoms with E-state index in [0.29, 0.717) is 6.04 Å². The molecule has 4 heterocycles. The van der Waals surface area contributed by atoms with Crippen LogP contribution in [0.25, 0.3) is 10.9 Å². The number of halogens is 1. The van der Waals surface area contributed by atoms with Gasteiger partial charge in [-0.25, -0.2) is 4.79 Å². The normalized spacial score (nSPS) is 23.4. The smallest absolute Gasteiger partial charge is 0.345 e. The van der Waals surface area contributed by atoms with Crippen molar-refractivity contribution in [2.45, 2.75) is 24.9 Å². The Kier molecular flexibility index (Phi) is 3.97. The number of methoxy groups -OCH3 is 1. The second-order valence-corrected chi connectivity index (χ2v) is 5.75. The van der Waals surface area contributed by atoms with E-state index < -0.39 is 0 Å². The number of benzene rings is 1. The summed E-state index contributed by atoms with van der Waals surface area (Å²) >= 11 is 0. The number of piperidine rings is 2. The number of nitrogens with one attached hydrogen (secondary N) is 1. The Hall–Kier alpha value is -1.79. The third kappa shape index (κ3) is 2.32. The molecule has 1 aromatic carbocycles. The fourth-order valence-electron chi connectivity index (χ4n) is 3.34. The average molecular weight is 323 g/mol. The molecule has 118 valence electrons. The monoisotopic (exact) mass is 322 g/mol. The van der Waals surface area contributed by atoms with Crippen LogP contribution in [-0.2, 0) is 0 Å². The number of hydrogen-bond acceptors (Lipinski definition) is 4. The lowest BCUT2D eigenvalue weighted by molar-refractivity contribution is 0.0976. The van der Waals surface area contributed by atoms with Gasteiger partial charge in [-0.15, -0.1) is 12.4 Å². The number of piperazine rings is 1. The number of fused-ring (bicyclic) bond motifs is 4. The van der Waals surface area contributed by atoms with E-state index in [2.05, 4.69) is 10.4 Å². The van der Waals surface area contributed by atoms with E-state index in [1.165, 1.54) is 4.68 Å².